The molecule has 2 rings (SSSR count). The predicted molar refractivity (Wildman–Crippen MR) is 216 cm³/mol. The van der Waals surface area contributed by atoms with E-state index < -0.39 is 0 Å². The Morgan fingerprint density at radius 2 is 0.898 bits per heavy atom. The fraction of sp³-hybridized carbons (Fsp3) is 0.826. The van der Waals surface area contributed by atoms with Gasteiger partial charge in [-0.3, -0.25) is 0 Å². The van der Waals surface area contributed by atoms with E-state index in [1.165, 1.54) is 167 Å². The fourth-order valence-corrected chi connectivity index (χ4v) is 7.83. The van der Waals surface area contributed by atoms with Gasteiger partial charge in [-0.25, -0.2) is 0 Å². The van der Waals surface area contributed by atoms with Crippen molar-refractivity contribution in [1.29, 1.82) is 0 Å². The van der Waals surface area contributed by atoms with Crippen LogP contribution in [0.25, 0.3) is 0 Å². The van der Waals surface area contributed by atoms with Crippen LogP contribution in [0.3, 0.4) is 0 Å². The van der Waals surface area contributed by atoms with E-state index in [1.54, 1.807) is 0 Å². The summed E-state index contributed by atoms with van der Waals surface area (Å²) in [6.07, 6.45) is 56.5. The van der Waals surface area contributed by atoms with Gasteiger partial charge < -0.3 is 14.4 Å². The zero-order valence-electron chi connectivity index (χ0n) is 33.3. The summed E-state index contributed by atoms with van der Waals surface area (Å²) >= 11 is 0. The molecule has 0 N–H and O–H groups in total. The highest BCUT2D eigenvalue weighted by Crippen LogP contribution is 2.44. The Balaban J connectivity index is 1.61. The molecule has 0 radical (unpaired) electrons. The molecule has 1 heterocycles. The van der Waals surface area contributed by atoms with Crippen molar-refractivity contribution in [2.24, 2.45) is 5.92 Å². The standard InChI is InChI=1S/C46H83NO2/c1-5-7-9-11-13-15-17-19-21-23-25-27-29-31-33-35-39-46(48-44-38-37-43(42-47(3)4)41-45(44)49-46)40-36-34-32-30-28-26-24-22-20-18-16-14-12-10-8-6-2/h13,15-16,18-19,21-22,24,43-45H,5-12,14,17,20,23,25-42H2,1-4H3/b15-13-,18-16-,21-19-,24-22-/t43-,44+,45-,46?/m1/s1. The van der Waals surface area contributed by atoms with Crippen molar-refractivity contribution in [3.63, 3.8) is 0 Å². The molecule has 0 bridgehead atoms. The van der Waals surface area contributed by atoms with Crippen molar-refractivity contribution < 1.29 is 9.47 Å². The molecule has 1 aliphatic carbocycles. The molecule has 2 fully saturated rings. The lowest BCUT2D eigenvalue weighted by atomic mass is 9.85. The minimum atomic E-state index is -0.316. The van der Waals surface area contributed by atoms with E-state index in [0.717, 1.165) is 31.6 Å². The van der Waals surface area contributed by atoms with Crippen molar-refractivity contribution in [1.82, 2.24) is 4.90 Å². The third-order valence-electron chi connectivity index (χ3n) is 10.7. The highest BCUT2D eigenvalue weighted by molar-refractivity contribution is 4.94. The van der Waals surface area contributed by atoms with Crippen LogP contribution in [0.15, 0.2) is 48.6 Å². The Kier molecular flexibility index (Phi) is 27.4. The molecule has 0 aromatic carbocycles. The molecule has 0 amide bonds. The lowest BCUT2D eigenvalue weighted by molar-refractivity contribution is -0.186. The van der Waals surface area contributed by atoms with E-state index >= 15 is 0 Å². The molecule has 49 heavy (non-hydrogen) atoms. The molecule has 284 valence electrons. The maximum Gasteiger partial charge on any atom is 0.169 e. The number of allylic oxidation sites excluding steroid dienone is 8. The van der Waals surface area contributed by atoms with Crippen molar-refractivity contribution in [3.8, 4) is 0 Å². The number of ether oxygens (including phenoxy) is 2. The molecule has 1 aliphatic heterocycles. The third kappa shape index (κ3) is 23.1. The van der Waals surface area contributed by atoms with Gasteiger partial charge in [-0.05, 0) is 116 Å². The van der Waals surface area contributed by atoms with Crippen LogP contribution in [-0.4, -0.2) is 43.5 Å². The van der Waals surface area contributed by atoms with Gasteiger partial charge in [0.2, 0.25) is 0 Å². The molecule has 3 heteroatoms. The minimum Gasteiger partial charge on any atom is -0.344 e. The van der Waals surface area contributed by atoms with Crippen molar-refractivity contribution in [2.75, 3.05) is 20.6 Å². The van der Waals surface area contributed by atoms with E-state index in [1.807, 2.05) is 0 Å². The Labute approximate surface area is 306 Å². The molecule has 1 unspecified atom stereocenters. The van der Waals surface area contributed by atoms with Crippen molar-refractivity contribution in [2.45, 2.75) is 218 Å². The Morgan fingerprint density at radius 1 is 0.490 bits per heavy atom. The second kappa shape index (κ2) is 30.5. The summed E-state index contributed by atoms with van der Waals surface area (Å²) in [4.78, 5) is 2.35. The molecule has 1 saturated carbocycles. The summed E-state index contributed by atoms with van der Waals surface area (Å²) in [6.45, 7) is 5.73. The number of nitrogens with zero attached hydrogens (tertiary/aromatic N) is 1. The van der Waals surface area contributed by atoms with E-state index in [2.05, 4.69) is 81.5 Å². The first-order valence-electron chi connectivity index (χ1n) is 21.7. The Bertz CT molecular complexity index is 859. The van der Waals surface area contributed by atoms with Gasteiger partial charge in [-0.1, -0.05) is 140 Å². The van der Waals surface area contributed by atoms with Crippen molar-refractivity contribution in [3.05, 3.63) is 48.6 Å². The zero-order valence-corrected chi connectivity index (χ0v) is 33.3. The van der Waals surface area contributed by atoms with Gasteiger partial charge in [0, 0.05) is 19.4 Å². The van der Waals surface area contributed by atoms with Crippen LogP contribution in [0.5, 0.6) is 0 Å². The lowest BCUT2D eigenvalue weighted by Gasteiger charge is -2.31. The van der Waals surface area contributed by atoms with Crippen LogP contribution in [0.2, 0.25) is 0 Å². The second-order valence-corrected chi connectivity index (χ2v) is 15.8. The summed E-state index contributed by atoms with van der Waals surface area (Å²) in [5.74, 6) is 0.433. The molecule has 0 aromatic rings. The molecule has 0 aromatic heterocycles. The lowest BCUT2D eigenvalue weighted by Crippen LogP contribution is -2.35. The molecule has 3 nitrogen and oxygen atoms in total. The predicted octanol–water partition coefficient (Wildman–Crippen LogP) is 14.2. The Hall–Kier alpha value is -1.16. The topological polar surface area (TPSA) is 21.7 Å². The summed E-state index contributed by atoms with van der Waals surface area (Å²) < 4.78 is 13.8. The largest absolute Gasteiger partial charge is 0.344 e. The SMILES string of the molecule is CCCCC/C=C\C/C=C\CCCCCCCCC1(CCCCCCC/C=C\C/C=C\CCCCCC)O[C@H]2CC[C@@H](CN(C)C)C[C@H]2O1. The average molecular weight is 682 g/mol. The van der Waals surface area contributed by atoms with E-state index in [9.17, 15) is 0 Å². The summed E-state index contributed by atoms with van der Waals surface area (Å²) in [5, 5.41) is 0. The van der Waals surface area contributed by atoms with Crippen LogP contribution in [0.4, 0.5) is 0 Å². The zero-order chi connectivity index (χ0) is 35.1. The number of rotatable bonds is 32. The molecule has 0 spiro atoms. The average Bonchev–Trinajstić information content (AvgIpc) is 3.45. The first-order chi connectivity index (χ1) is 24.1. The fourth-order valence-electron chi connectivity index (χ4n) is 7.83. The van der Waals surface area contributed by atoms with Gasteiger partial charge in [0.05, 0.1) is 12.2 Å². The van der Waals surface area contributed by atoms with E-state index in [-0.39, 0.29) is 5.79 Å². The quantitative estimate of drug-likeness (QED) is 0.0521. The summed E-state index contributed by atoms with van der Waals surface area (Å²) in [5.41, 5.74) is 0. The van der Waals surface area contributed by atoms with Gasteiger partial charge in [-0.2, -0.15) is 0 Å². The third-order valence-corrected chi connectivity index (χ3v) is 10.7. The molecular formula is C46H83NO2. The van der Waals surface area contributed by atoms with Crippen LogP contribution in [0, 0.1) is 5.92 Å². The number of fused-ring (bicyclic) bond motifs is 1. The normalized spacial score (nSPS) is 23.0. The molecule has 2 aliphatic rings. The monoisotopic (exact) mass is 682 g/mol. The van der Waals surface area contributed by atoms with Gasteiger partial charge in [0.1, 0.15) is 0 Å². The van der Waals surface area contributed by atoms with Gasteiger partial charge in [0.15, 0.2) is 5.79 Å². The minimum absolute atomic E-state index is 0.311. The molecule has 1 saturated heterocycles. The van der Waals surface area contributed by atoms with Crippen LogP contribution >= 0.6 is 0 Å². The summed E-state index contributed by atoms with van der Waals surface area (Å²) in [6, 6.07) is 0. The maximum atomic E-state index is 6.95. The highest BCUT2D eigenvalue weighted by Gasteiger charge is 2.48. The summed E-state index contributed by atoms with van der Waals surface area (Å²) in [7, 11) is 4.41. The first-order valence-corrected chi connectivity index (χ1v) is 21.7. The first kappa shape index (κ1) is 44.0. The van der Waals surface area contributed by atoms with Crippen LogP contribution in [-0.2, 0) is 9.47 Å². The maximum absolute atomic E-state index is 6.95. The second-order valence-electron chi connectivity index (χ2n) is 15.8. The molecular weight excluding hydrogens is 599 g/mol. The van der Waals surface area contributed by atoms with E-state index in [4.69, 9.17) is 9.47 Å². The number of hydrogen-bond donors (Lipinski definition) is 0. The smallest absolute Gasteiger partial charge is 0.169 e. The van der Waals surface area contributed by atoms with Crippen LogP contribution < -0.4 is 0 Å². The van der Waals surface area contributed by atoms with Gasteiger partial charge in [-0.15, -0.1) is 0 Å². The molecule has 4 atom stereocenters. The van der Waals surface area contributed by atoms with Gasteiger partial charge >= 0.3 is 0 Å². The van der Waals surface area contributed by atoms with E-state index in [0.29, 0.717) is 12.2 Å². The number of unbranched alkanes of at least 4 members (excludes halogenated alkanes) is 18. The number of hydrogen-bond acceptors (Lipinski definition) is 3. The van der Waals surface area contributed by atoms with Crippen LogP contribution in [0.1, 0.15) is 200 Å². The highest BCUT2D eigenvalue weighted by atomic mass is 16.8. The Morgan fingerprint density at radius 3 is 1.39 bits per heavy atom. The van der Waals surface area contributed by atoms with Gasteiger partial charge in [0.25, 0.3) is 0 Å². The van der Waals surface area contributed by atoms with Crippen molar-refractivity contribution >= 4 is 0 Å².